The predicted octanol–water partition coefficient (Wildman–Crippen LogP) is 4.41. The fraction of sp³-hybridized carbons (Fsp3) is 0.435. The van der Waals surface area contributed by atoms with Crippen molar-refractivity contribution in [3.8, 4) is 5.75 Å². The first kappa shape index (κ1) is 21.8. The van der Waals surface area contributed by atoms with E-state index in [0.717, 1.165) is 29.1 Å². The number of anilines is 2. The maximum absolute atomic E-state index is 12.5. The lowest BCUT2D eigenvalue weighted by Gasteiger charge is -2.23. The van der Waals surface area contributed by atoms with Crippen molar-refractivity contribution < 1.29 is 9.53 Å². The summed E-state index contributed by atoms with van der Waals surface area (Å²) >= 11 is 0. The van der Waals surface area contributed by atoms with Gasteiger partial charge in [-0.3, -0.25) is 4.79 Å². The van der Waals surface area contributed by atoms with Crippen molar-refractivity contribution in [2.45, 2.75) is 33.2 Å². The molecule has 0 fully saturated rings. The molecule has 0 radical (unpaired) electrons. The van der Waals surface area contributed by atoms with Crippen molar-refractivity contribution >= 4 is 17.3 Å². The molecule has 2 aromatic carbocycles. The summed E-state index contributed by atoms with van der Waals surface area (Å²) in [5.41, 5.74) is 3.83. The Labute approximate surface area is 169 Å². The van der Waals surface area contributed by atoms with Gasteiger partial charge in [-0.25, -0.2) is 0 Å². The third kappa shape index (κ3) is 5.26. The third-order valence-electron chi connectivity index (χ3n) is 5.20. The summed E-state index contributed by atoms with van der Waals surface area (Å²) in [6.45, 7) is 7.62. The number of carbonyl (C=O) groups excluding carboxylic acids is 1. The van der Waals surface area contributed by atoms with E-state index in [-0.39, 0.29) is 5.91 Å². The van der Waals surface area contributed by atoms with E-state index in [2.05, 4.69) is 37.3 Å². The van der Waals surface area contributed by atoms with Gasteiger partial charge in [0.25, 0.3) is 5.91 Å². The maximum atomic E-state index is 12.5. The Kier molecular flexibility index (Phi) is 7.88. The van der Waals surface area contributed by atoms with Crippen LogP contribution in [0.2, 0.25) is 0 Å². The molecular formula is C23H33N3O2. The van der Waals surface area contributed by atoms with Crippen molar-refractivity contribution in [1.29, 1.82) is 0 Å². The van der Waals surface area contributed by atoms with Crippen molar-refractivity contribution in [1.82, 2.24) is 9.80 Å². The highest BCUT2D eigenvalue weighted by Crippen LogP contribution is 2.31. The molecule has 0 saturated heterocycles. The fourth-order valence-electron chi connectivity index (χ4n) is 3.11. The van der Waals surface area contributed by atoms with Gasteiger partial charge in [0.05, 0.1) is 7.11 Å². The molecule has 0 saturated carbocycles. The Morgan fingerprint density at radius 2 is 1.71 bits per heavy atom. The van der Waals surface area contributed by atoms with Crippen molar-refractivity contribution in [2.75, 3.05) is 39.6 Å². The molecule has 0 spiro atoms. The van der Waals surface area contributed by atoms with Crippen molar-refractivity contribution in [3.05, 3.63) is 53.6 Å². The van der Waals surface area contributed by atoms with Gasteiger partial charge in [0.15, 0.2) is 0 Å². The number of carbonyl (C=O) groups is 1. The van der Waals surface area contributed by atoms with Gasteiger partial charge in [0.1, 0.15) is 5.75 Å². The molecule has 0 aliphatic rings. The SMILES string of the molecule is CCN(CC)C(=O)c1ccc(Nc2cccc(OC)c2CC(C)N(C)C)cc1. The standard InChI is InChI=1S/C23H33N3O2/c1-7-26(8-2)23(27)18-12-14-19(15-13-18)24-21-10-9-11-22(28-6)20(21)16-17(3)25(4)5/h9-15,17,24H,7-8,16H2,1-6H3. The Hall–Kier alpha value is -2.53. The van der Waals surface area contributed by atoms with E-state index in [9.17, 15) is 4.79 Å². The molecule has 2 rings (SSSR count). The highest BCUT2D eigenvalue weighted by Gasteiger charge is 2.15. The largest absolute Gasteiger partial charge is 0.496 e. The van der Waals surface area contributed by atoms with E-state index in [0.29, 0.717) is 24.7 Å². The van der Waals surface area contributed by atoms with Gasteiger partial charge >= 0.3 is 0 Å². The Morgan fingerprint density at radius 1 is 1.07 bits per heavy atom. The molecule has 5 nitrogen and oxygen atoms in total. The van der Waals surface area contributed by atoms with Gasteiger partial charge < -0.3 is 19.9 Å². The lowest BCUT2D eigenvalue weighted by Crippen LogP contribution is -2.30. The van der Waals surface area contributed by atoms with Gasteiger partial charge in [-0.15, -0.1) is 0 Å². The minimum Gasteiger partial charge on any atom is -0.496 e. The number of rotatable bonds is 9. The average molecular weight is 384 g/mol. The normalized spacial score (nSPS) is 12.0. The fourth-order valence-corrected chi connectivity index (χ4v) is 3.11. The lowest BCUT2D eigenvalue weighted by atomic mass is 10.0. The van der Waals surface area contributed by atoms with Crippen LogP contribution in [0.3, 0.4) is 0 Å². The summed E-state index contributed by atoms with van der Waals surface area (Å²) in [6, 6.07) is 14.1. The second-order valence-corrected chi connectivity index (χ2v) is 7.18. The zero-order valence-corrected chi connectivity index (χ0v) is 18.0. The first-order valence-electron chi connectivity index (χ1n) is 9.89. The molecule has 2 aromatic rings. The van der Waals surface area contributed by atoms with Crippen LogP contribution in [0.1, 0.15) is 36.7 Å². The zero-order valence-electron chi connectivity index (χ0n) is 18.0. The van der Waals surface area contributed by atoms with Gasteiger partial charge in [0, 0.05) is 41.6 Å². The predicted molar refractivity (Wildman–Crippen MR) is 117 cm³/mol. The first-order valence-corrected chi connectivity index (χ1v) is 9.89. The molecule has 0 heterocycles. The summed E-state index contributed by atoms with van der Waals surface area (Å²) in [5, 5.41) is 3.49. The summed E-state index contributed by atoms with van der Waals surface area (Å²) < 4.78 is 5.60. The van der Waals surface area contributed by atoms with Gasteiger partial charge in [0.2, 0.25) is 0 Å². The molecule has 0 bridgehead atoms. The van der Waals surface area contributed by atoms with Crippen molar-refractivity contribution in [3.63, 3.8) is 0 Å². The molecule has 0 aromatic heterocycles. The summed E-state index contributed by atoms with van der Waals surface area (Å²) in [4.78, 5) is 16.5. The molecule has 1 unspecified atom stereocenters. The average Bonchev–Trinajstić information content (AvgIpc) is 2.70. The number of hydrogen-bond donors (Lipinski definition) is 1. The Bertz CT molecular complexity index is 768. The molecule has 0 aliphatic heterocycles. The summed E-state index contributed by atoms with van der Waals surface area (Å²) in [6.07, 6.45) is 0.873. The highest BCUT2D eigenvalue weighted by atomic mass is 16.5. The molecular weight excluding hydrogens is 350 g/mol. The van der Waals surface area contributed by atoms with E-state index in [1.165, 1.54) is 0 Å². The second-order valence-electron chi connectivity index (χ2n) is 7.18. The topological polar surface area (TPSA) is 44.8 Å². The molecule has 1 atom stereocenters. The number of likely N-dealkylation sites (N-methyl/N-ethyl adjacent to an activating group) is 1. The number of methoxy groups -OCH3 is 1. The smallest absolute Gasteiger partial charge is 0.253 e. The summed E-state index contributed by atoms with van der Waals surface area (Å²) in [5.74, 6) is 0.949. The maximum Gasteiger partial charge on any atom is 0.253 e. The number of hydrogen-bond acceptors (Lipinski definition) is 4. The number of nitrogens with zero attached hydrogens (tertiary/aromatic N) is 2. The van der Waals surface area contributed by atoms with Crippen LogP contribution in [0.5, 0.6) is 5.75 Å². The monoisotopic (exact) mass is 383 g/mol. The Morgan fingerprint density at radius 3 is 2.25 bits per heavy atom. The third-order valence-corrected chi connectivity index (χ3v) is 5.20. The van der Waals surface area contributed by atoms with Crippen LogP contribution >= 0.6 is 0 Å². The van der Waals surface area contributed by atoms with Crippen LogP contribution in [0.4, 0.5) is 11.4 Å². The number of benzene rings is 2. The molecule has 152 valence electrons. The minimum atomic E-state index is 0.0680. The summed E-state index contributed by atoms with van der Waals surface area (Å²) in [7, 11) is 5.87. The van der Waals surface area contributed by atoms with E-state index < -0.39 is 0 Å². The van der Waals surface area contributed by atoms with Crippen LogP contribution in [-0.4, -0.2) is 56.0 Å². The van der Waals surface area contributed by atoms with Gasteiger partial charge in [-0.05, 0) is 77.7 Å². The lowest BCUT2D eigenvalue weighted by molar-refractivity contribution is 0.0773. The second kappa shape index (κ2) is 10.1. The highest BCUT2D eigenvalue weighted by molar-refractivity contribution is 5.94. The number of nitrogens with one attached hydrogen (secondary N) is 1. The molecule has 0 aliphatic carbocycles. The van der Waals surface area contributed by atoms with Crippen LogP contribution in [0.15, 0.2) is 42.5 Å². The number of amides is 1. The number of ether oxygens (including phenoxy) is 1. The van der Waals surface area contributed by atoms with Gasteiger partial charge in [-0.2, -0.15) is 0 Å². The van der Waals surface area contributed by atoms with Crippen molar-refractivity contribution in [2.24, 2.45) is 0 Å². The Balaban J connectivity index is 2.24. The van der Waals surface area contributed by atoms with Gasteiger partial charge in [-0.1, -0.05) is 6.07 Å². The van der Waals surface area contributed by atoms with E-state index in [1.807, 2.05) is 55.1 Å². The molecule has 1 amide bonds. The molecule has 1 N–H and O–H groups in total. The van der Waals surface area contributed by atoms with Crippen LogP contribution in [0, 0.1) is 0 Å². The van der Waals surface area contributed by atoms with E-state index in [1.54, 1.807) is 7.11 Å². The van der Waals surface area contributed by atoms with E-state index in [4.69, 9.17) is 4.74 Å². The van der Waals surface area contributed by atoms with Crippen LogP contribution in [0.25, 0.3) is 0 Å². The van der Waals surface area contributed by atoms with E-state index >= 15 is 0 Å². The zero-order chi connectivity index (χ0) is 20.7. The van der Waals surface area contributed by atoms with Crippen LogP contribution in [-0.2, 0) is 6.42 Å². The molecule has 5 heteroatoms. The minimum absolute atomic E-state index is 0.0680. The first-order chi connectivity index (χ1) is 13.4. The molecule has 28 heavy (non-hydrogen) atoms. The quantitative estimate of drug-likeness (QED) is 0.696. The van der Waals surface area contributed by atoms with Crippen LogP contribution < -0.4 is 10.1 Å².